The fraction of sp³-hybridized carbons (Fsp3) is 0.176. The smallest absolute Gasteiger partial charge is 0.266 e. The number of aryl methyl sites for hydroxylation is 3. The first-order chi connectivity index (χ1) is 20.6. The molecule has 6 rings (SSSR count). The lowest BCUT2D eigenvalue weighted by atomic mass is 10.1. The zero-order valence-electron chi connectivity index (χ0n) is 24.1. The Bertz CT molecular complexity index is 2070. The van der Waals surface area contributed by atoms with Crippen molar-refractivity contribution in [2.45, 2.75) is 38.9 Å². The van der Waals surface area contributed by atoms with E-state index in [-0.39, 0.29) is 27.6 Å². The molecule has 2 aromatic heterocycles. The molecule has 0 aliphatic rings. The summed E-state index contributed by atoms with van der Waals surface area (Å²) in [5.74, 6) is 0.597. The van der Waals surface area contributed by atoms with E-state index >= 15 is 0 Å². The van der Waals surface area contributed by atoms with Crippen molar-refractivity contribution < 1.29 is 8.78 Å². The largest absolute Gasteiger partial charge is 0.268 e. The minimum atomic E-state index is -0.338. The van der Waals surface area contributed by atoms with Crippen molar-refractivity contribution in [2.75, 3.05) is 0 Å². The summed E-state index contributed by atoms with van der Waals surface area (Å²) in [6.07, 6.45) is 0.621. The van der Waals surface area contributed by atoms with Crippen LogP contribution in [-0.2, 0) is 6.42 Å². The van der Waals surface area contributed by atoms with Gasteiger partial charge < -0.3 is 0 Å². The lowest BCUT2D eigenvalue weighted by Crippen LogP contribution is -2.24. The Balaban J connectivity index is 0.000000171. The second-order valence-corrected chi connectivity index (χ2v) is 11.6. The molecule has 0 fully saturated rings. The molecule has 0 aliphatic heterocycles. The molecule has 4 aromatic carbocycles. The summed E-state index contributed by atoms with van der Waals surface area (Å²) in [6, 6.07) is 23.0. The number of nitrogens with zero attached hydrogens (tertiary/aromatic N) is 4. The molecule has 1 atom stereocenters. The van der Waals surface area contributed by atoms with Crippen molar-refractivity contribution in [1.29, 1.82) is 0 Å². The third kappa shape index (κ3) is 6.17. The van der Waals surface area contributed by atoms with Gasteiger partial charge in [-0.25, -0.2) is 18.7 Å². The minimum Gasteiger partial charge on any atom is -0.268 e. The van der Waals surface area contributed by atoms with Crippen LogP contribution >= 0.6 is 15.9 Å². The van der Waals surface area contributed by atoms with Crippen LogP contribution in [0.15, 0.2) is 94.5 Å². The van der Waals surface area contributed by atoms with Gasteiger partial charge in [0.05, 0.1) is 38.0 Å². The highest BCUT2D eigenvalue weighted by Gasteiger charge is 2.16. The molecular weight excluding hydrogens is 614 g/mol. The minimum absolute atomic E-state index is 0.115. The quantitative estimate of drug-likeness (QED) is 0.185. The molecule has 1 unspecified atom stereocenters. The van der Waals surface area contributed by atoms with Crippen LogP contribution in [0.4, 0.5) is 8.78 Å². The van der Waals surface area contributed by atoms with E-state index in [1.165, 1.54) is 28.8 Å². The molecule has 6 nitrogen and oxygen atoms in total. The predicted molar refractivity (Wildman–Crippen MR) is 171 cm³/mol. The van der Waals surface area contributed by atoms with Gasteiger partial charge in [0.2, 0.25) is 0 Å². The van der Waals surface area contributed by atoms with E-state index in [0.717, 1.165) is 11.1 Å². The van der Waals surface area contributed by atoms with Crippen molar-refractivity contribution in [2.24, 2.45) is 0 Å². The Hall–Kier alpha value is -4.50. The van der Waals surface area contributed by atoms with Crippen LogP contribution in [0.1, 0.15) is 41.5 Å². The highest BCUT2D eigenvalue weighted by molar-refractivity contribution is 9.09. The van der Waals surface area contributed by atoms with E-state index in [0.29, 0.717) is 51.3 Å². The molecule has 218 valence electrons. The van der Waals surface area contributed by atoms with Gasteiger partial charge >= 0.3 is 0 Å². The average molecular weight is 644 g/mol. The van der Waals surface area contributed by atoms with Gasteiger partial charge in [0, 0.05) is 6.42 Å². The molecule has 2 heterocycles. The maximum Gasteiger partial charge on any atom is 0.266 e. The van der Waals surface area contributed by atoms with E-state index in [1.807, 2.05) is 64.1 Å². The van der Waals surface area contributed by atoms with Crippen molar-refractivity contribution >= 4 is 37.7 Å². The predicted octanol–water partition coefficient (Wildman–Crippen LogP) is 7.68. The van der Waals surface area contributed by atoms with Gasteiger partial charge in [0.15, 0.2) is 0 Å². The maximum absolute atomic E-state index is 13.2. The molecule has 0 aliphatic carbocycles. The highest BCUT2D eigenvalue weighted by atomic mass is 79.9. The van der Waals surface area contributed by atoms with Gasteiger partial charge in [-0.05, 0) is 93.6 Å². The Morgan fingerprint density at radius 1 is 0.698 bits per heavy atom. The molecule has 0 N–H and O–H groups in total. The van der Waals surface area contributed by atoms with Crippen LogP contribution in [-0.4, -0.2) is 19.1 Å². The monoisotopic (exact) mass is 642 g/mol. The number of rotatable bonds is 4. The molecule has 0 saturated carbocycles. The Labute approximate surface area is 255 Å². The third-order valence-electron chi connectivity index (χ3n) is 6.98. The summed E-state index contributed by atoms with van der Waals surface area (Å²) in [5.41, 5.74) is 4.33. The number of hydrogen-bond donors (Lipinski definition) is 0. The normalized spacial score (nSPS) is 11.8. The van der Waals surface area contributed by atoms with Crippen molar-refractivity contribution in [1.82, 2.24) is 19.1 Å². The maximum atomic E-state index is 13.2. The zero-order chi connectivity index (χ0) is 30.8. The van der Waals surface area contributed by atoms with Crippen molar-refractivity contribution in [3.05, 3.63) is 140 Å². The molecule has 0 spiro atoms. The topological polar surface area (TPSA) is 69.8 Å². The molecule has 6 aromatic rings. The third-order valence-corrected chi connectivity index (χ3v) is 7.39. The summed E-state index contributed by atoms with van der Waals surface area (Å²) in [5, 5.41) is 1.14. The standard InChI is InChI=1S/C17H14BrFN2O.C17H15FN2O/c1-10-3-8-15-14(9-10)17(22)21(16(20-15)11(2)18)13-6-4-12(19)5-7-13;1-3-16-19-15-9-4-11(2)10-14(15)17(21)20(16)13-7-5-12(18)6-8-13/h3-9,11H,1-2H3;4-10H,3H2,1-2H3. The van der Waals surface area contributed by atoms with E-state index in [2.05, 4.69) is 25.9 Å². The summed E-state index contributed by atoms with van der Waals surface area (Å²) < 4.78 is 29.3. The van der Waals surface area contributed by atoms with Crippen LogP contribution < -0.4 is 11.1 Å². The number of benzene rings is 4. The van der Waals surface area contributed by atoms with E-state index in [9.17, 15) is 18.4 Å². The average Bonchev–Trinajstić information content (AvgIpc) is 2.99. The fourth-order valence-corrected chi connectivity index (χ4v) is 5.17. The van der Waals surface area contributed by atoms with E-state index in [1.54, 1.807) is 28.8 Å². The van der Waals surface area contributed by atoms with Crippen LogP contribution in [0, 0.1) is 25.5 Å². The summed E-state index contributed by atoms with van der Waals surface area (Å²) in [6.45, 7) is 7.72. The van der Waals surface area contributed by atoms with Crippen LogP contribution in [0.2, 0.25) is 0 Å². The fourth-order valence-electron chi connectivity index (χ4n) is 4.86. The van der Waals surface area contributed by atoms with Crippen molar-refractivity contribution in [3.63, 3.8) is 0 Å². The lowest BCUT2D eigenvalue weighted by molar-refractivity contribution is 0.626. The van der Waals surface area contributed by atoms with Gasteiger partial charge in [0.1, 0.15) is 23.3 Å². The van der Waals surface area contributed by atoms with Gasteiger partial charge in [-0.3, -0.25) is 18.7 Å². The van der Waals surface area contributed by atoms with Crippen LogP contribution in [0.3, 0.4) is 0 Å². The number of halogens is 3. The van der Waals surface area contributed by atoms with E-state index < -0.39 is 0 Å². The lowest BCUT2D eigenvalue weighted by Gasteiger charge is -2.15. The van der Waals surface area contributed by atoms with Gasteiger partial charge in [0.25, 0.3) is 11.1 Å². The summed E-state index contributed by atoms with van der Waals surface area (Å²) in [4.78, 5) is 34.7. The first-order valence-corrected chi connectivity index (χ1v) is 14.7. The first-order valence-electron chi connectivity index (χ1n) is 13.8. The van der Waals surface area contributed by atoms with Crippen molar-refractivity contribution in [3.8, 4) is 11.4 Å². The Morgan fingerprint density at radius 3 is 1.60 bits per heavy atom. The summed E-state index contributed by atoms with van der Waals surface area (Å²) in [7, 11) is 0. The van der Waals surface area contributed by atoms with Gasteiger partial charge in [-0.2, -0.15) is 0 Å². The zero-order valence-corrected chi connectivity index (χ0v) is 25.7. The van der Waals surface area contributed by atoms with Gasteiger partial charge in [-0.15, -0.1) is 0 Å². The second-order valence-electron chi connectivity index (χ2n) is 10.2. The number of aromatic nitrogens is 4. The highest BCUT2D eigenvalue weighted by Crippen LogP contribution is 2.24. The van der Waals surface area contributed by atoms with E-state index in [4.69, 9.17) is 0 Å². The molecule has 9 heteroatoms. The first kappa shape index (κ1) is 30.0. The second kappa shape index (κ2) is 12.4. The number of alkyl halides is 1. The molecule has 0 bridgehead atoms. The SMILES string of the molecule is CCc1nc2ccc(C)cc2c(=O)n1-c1ccc(F)cc1.Cc1ccc2nc(C(C)Br)n(-c3ccc(F)cc3)c(=O)c2c1. The number of hydrogen-bond acceptors (Lipinski definition) is 4. The molecule has 43 heavy (non-hydrogen) atoms. The molecule has 0 radical (unpaired) electrons. The number of fused-ring (bicyclic) bond motifs is 2. The molecule has 0 amide bonds. The Morgan fingerprint density at radius 2 is 1.14 bits per heavy atom. The van der Waals surface area contributed by atoms with Crippen LogP contribution in [0.5, 0.6) is 0 Å². The molecular formula is C34H29BrF2N4O2. The Kier molecular flexibility index (Phi) is 8.64. The van der Waals surface area contributed by atoms with Crippen LogP contribution in [0.25, 0.3) is 33.2 Å². The molecule has 0 saturated heterocycles. The van der Waals surface area contributed by atoms with Gasteiger partial charge in [-0.1, -0.05) is 46.1 Å². The summed E-state index contributed by atoms with van der Waals surface area (Å²) >= 11 is 3.48.